The van der Waals surface area contributed by atoms with Crippen LogP contribution < -0.4 is 26.1 Å². The third kappa shape index (κ3) is 4.27. The van der Waals surface area contributed by atoms with Crippen LogP contribution in [0.5, 0.6) is 11.5 Å². The average Bonchev–Trinajstić information content (AvgIpc) is 2.64. The topological polar surface area (TPSA) is 124 Å². The van der Waals surface area contributed by atoms with E-state index in [-0.39, 0.29) is 11.7 Å². The second kappa shape index (κ2) is 8.59. The first-order valence-corrected chi connectivity index (χ1v) is 8.05. The fourth-order valence-corrected chi connectivity index (χ4v) is 2.88. The number of nitrogens with zero attached hydrogens (tertiary/aromatic N) is 1. The predicted molar refractivity (Wildman–Crippen MR) is 97.9 cm³/mol. The molecular formula is C16H20N4O5S. The summed E-state index contributed by atoms with van der Waals surface area (Å²) >= 11 is 5.14. The predicted octanol–water partition coefficient (Wildman–Crippen LogP) is 0.243. The number of benzene rings is 1. The fourth-order valence-electron chi connectivity index (χ4n) is 2.61. The number of hydrazine groups is 1. The van der Waals surface area contributed by atoms with E-state index in [4.69, 9.17) is 32.3 Å². The molecule has 26 heavy (non-hydrogen) atoms. The number of nitrogens with one attached hydrogen (secondary N) is 2. The summed E-state index contributed by atoms with van der Waals surface area (Å²) in [6.45, 7) is 1.47. The minimum Gasteiger partial charge on any atom is -0.493 e. The van der Waals surface area contributed by atoms with Gasteiger partial charge >= 0.3 is 5.97 Å². The molecule has 2 rings (SSSR count). The van der Waals surface area contributed by atoms with Crippen LogP contribution >= 0.6 is 12.2 Å². The molecule has 2 atom stereocenters. The number of rotatable bonds is 6. The minimum atomic E-state index is -0.633. The van der Waals surface area contributed by atoms with Gasteiger partial charge in [0.25, 0.3) is 5.91 Å². The highest BCUT2D eigenvalue weighted by molar-refractivity contribution is 7.80. The number of methoxy groups -OCH3 is 2. The number of hydrogen-bond acceptors (Lipinski definition) is 7. The monoisotopic (exact) mass is 380 g/mol. The molecule has 1 aromatic rings. The normalized spacial score (nSPS) is 19.1. The molecule has 0 saturated heterocycles. The Morgan fingerprint density at radius 2 is 2.08 bits per heavy atom. The zero-order valence-corrected chi connectivity index (χ0v) is 15.4. The van der Waals surface area contributed by atoms with Gasteiger partial charge in [-0.2, -0.15) is 0 Å². The van der Waals surface area contributed by atoms with Crippen molar-refractivity contribution in [2.24, 2.45) is 16.8 Å². The molecular weight excluding hydrogens is 360 g/mol. The van der Waals surface area contributed by atoms with Gasteiger partial charge in [-0.1, -0.05) is 6.07 Å². The molecule has 140 valence electrons. The number of thiocarbonyl (C=S) groups is 1. The molecule has 1 aromatic carbocycles. The van der Waals surface area contributed by atoms with Gasteiger partial charge in [0.2, 0.25) is 0 Å². The van der Waals surface area contributed by atoms with E-state index in [2.05, 4.69) is 10.3 Å². The molecule has 0 spiro atoms. The second-order valence-corrected chi connectivity index (χ2v) is 5.83. The van der Waals surface area contributed by atoms with E-state index in [0.717, 1.165) is 5.56 Å². The van der Waals surface area contributed by atoms with Crippen LogP contribution in [0.15, 0.2) is 23.2 Å². The molecule has 0 aromatic heterocycles. The van der Waals surface area contributed by atoms with Gasteiger partial charge in [0.15, 0.2) is 23.2 Å². The van der Waals surface area contributed by atoms with Crippen LogP contribution in [-0.2, 0) is 14.3 Å². The molecule has 1 aliphatic rings. The second-order valence-electron chi connectivity index (χ2n) is 5.45. The van der Waals surface area contributed by atoms with Gasteiger partial charge in [0.1, 0.15) is 5.92 Å². The Morgan fingerprint density at radius 3 is 2.69 bits per heavy atom. The zero-order chi connectivity index (χ0) is 19.3. The Hall–Kier alpha value is -2.72. The van der Waals surface area contributed by atoms with Crippen LogP contribution in [0.1, 0.15) is 18.5 Å². The van der Waals surface area contributed by atoms with Crippen molar-refractivity contribution in [1.29, 1.82) is 0 Å². The quantitative estimate of drug-likeness (QED) is 0.211. The standard InChI is InChI=1S/C16H20N4O5S/c1-8-13(15(22)24-3)14(19-16(26)18-8)9-4-5-10(11(6-9)23-2)25-7-12(21)20-17/h4-6,13-14H,7,17H2,1-3H3,(H,19,26)(H,20,21). The maximum absolute atomic E-state index is 12.2. The molecule has 1 amide bonds. The summed E-state index contributed by atoms with van der Waals surface area (Å²) in [7, 11) is 2.79. The van der Waals surface area contributed by atoms with Gasteiger partial charge in [-0.15, -0.1) is 0 Å². The maximum Gasteiger partial charge on any atom is 0.316 e. The summed E-state index contributed by atoms with van der Waals surface area (Å²) in [6, 6.07) is 4.61. The highest BCUT2D eigenvalue weighted by Gasteiger charge is 2.37. The first kappa shape index (κ1) is 19.6. The van der Waals surface area contributed by atoms with Crippen molar-refractivity contribution in [3.05, 3.63) is 23.8 Å². The number of carbonyl (C=O) groups excluding carboxylic acids is 2. The number of hydrogen-bond donors (Lipinski definition) is 3. The largest absolute Gasteiger partial charge is 0.493 e. The van der Waals surface area contributed by atoms with E-state index in [0.29, 0.717) is 17.2 Å². The Kier molecular flexibility index (Phi) is 6.47. The molecule has 4 N–H and O–H groups in total. The lowest BCUT2D eigenvalue weighted by molar-refractivity contribution is -0.143. The number of carbonyl (C=O) groups is 2. The molecule has 1 aliphatic heterocycles. The summed E-state index contributed by atoms with van der Waals surface area (Å²) in [4.78, 5) is 27.6. The first-order chi connectivity index (χ1) is 12.4. The van der Waals surface area contributed by atoms with Gasteiger partial charge < -0.3 is 19.5 Å². The van der Waals surface area contributed by atoms with Gasteiger partial charge in [0, 0.05) is 5.71 Å². The lowest BCUT2D eigenvalue weighted by Crippen LogP contribution is -2.44. The summed E-state index contributed by atoms with van der Waals surface area (Å²) in [5, 5.41) is 3.31. The SMILES string of the molecule is COC(=O)C1C(C)=NC(=S)NC1c1ccc(OCC(=O)NN)c(OC)c1. The van der Waals surface area contributed by atoms with E-state index in [1.54, 1.807) is 25.1 Å². The van der Waals surface area contributed by atoms with Gasteiger partial charge in [0.05, 0.1) is 20.3 Å². The van der Waals surface area contributed by atoms with Crippen LogP contribution in [0.25, 0.3) is 0 Å². The van der Waals surface area contributed by atoms with Crippen LogP contribution in [0, 0.1) is 5.92 Å². The Balaban J connectivity index is 2.34. The molecule has 0 radical (unpaired) electrons. The molecule has 0 bridgehead atoms. The van der Waals surface area contributed by atoms with Crippen molar-refractivity contribution >= 4 is 34.9 Å². The molecule has 2 unspecified atom stereocenters. The lowest BCUT2D eigenvalue weighted by Gasteiger charge is -2.31. The molecule has 0 aliphatic carbocycles. The van der Waals surface area contributed by atoms with Gasteiger partial charge in [-0.05, 0) is 36.8 Å². The summed E-state index contributed by atoms with van der Waals surface area (Å²) in [6.07, 6.45) is 0. The molecule has 10 heteroatoms. The van der Waals surface area contributed by atoms with E-state index in [1.165, 1.54) is 14.2 Å². The van der Waals surface area contributed by atoms with E-state index in [9.17, 15) is 9.59 Å². The highest BCUT2D eigenvalue weighted by Crippen LogP contribution is 2.34. The number of ether oxygens (including phenoxy) is 3. The van der Waals surface area contributed by atoms with Gasteiger partial charge in [-0.3, -0.25) is 15.0 Å². The fraction of sp³-hybridized carbons (Fsp3) is 0.375. The van der Waals surface area contributed by atoms with Crippen LogP contribution in [-0.4, -0.2) is 43.5 Å². The Bertz CT molecular complexity index is 752. The average molecular weight is 380 g/mol. The van der Waals surface area contributed by atoms with Crippen LogP contribution in [0.3, 0.4) is 0 Å². The smallest absolute Gasteiger partial charge is 0.316 e. The third-order valence-corrected chi connectivity index (χ3v) is 4.07. The number of amides is 1. The van der Waals surface area contributed by atoms with E-state index < -0.39 is 23.8 Å². The lowest BCUT2D eigenvalue weighted by atomic mass is 9.88. The summed E-state index contributed by atoms with van der Waals surface area (Å²) < 4.78 is 15.6. The van der Waals surface area contributed by atoms with Crippen molar-refractivity contribution in [1.82, 2.24) is 10.7 Å². The Morgan fingerprint density at radius 1 is 1.35 bits per heavy atom. The van der Waals surface area contributed by atoms with Crippen molar-refractivity contribution in [3.8, 4) is 11.5 Å². The Labute approximate surface area is 155 Å². The van der Waals surface area contributed by atoms with Crippen molar-refractivity contribution in [2.75, 3.05) is 20.8 Å². The maximum atomic E-state index is 12.2. The molecule has 0 fully saturated rings. The summed E-state index contributed by atoms with van der Waals surface area (Å²) in [5.41, 5.74) is 3.26. The highest BCUT2D eigenvalue weighted by atomic mass is 32.1. The molecule has 1 heterocycles. The molecule has 0 saturated carbocycles. The van der Waals surface area contributed by atoms with Crippen molar-refractivity contribution in [3.63, 3.8) is 0 Å². The van der Waals surface area contributed by atoms with Crippen LogP contribution in [0.4, 0.5) is 0 Å². The van der Waals surface area contributed by atoms with E-state index in [1.807, 2.05) is 5.43 Å². The van der Waals surface area contributed by atoms with Crippen molar-refractivity contribution < 1.29 is 23.8 Å². The zero-order valence-electron chi connectivity index (χ0n) is 14.6. The van der Waals surface area contributed by atoms with E-state index >= 15 is 0 Å². The molecule has 9 nitrogen and oxygen atoms in total. The van der Waals surface area contributed by atoms with Crippen LogP contribution in [0.2, 0.25) is 0 Å². The first-order valence-electron chi connectivity index (χ1n) is 7.65. The summed E-state index contributed by atoms with van der Waals surface area (Å²) in [5.74, 6) is 4.24. The van der Waals surface area contributed by atoms with Gasteiger partial charge in [-0.25, -0.2) is 10.8 Å². The number of aliphatic imine (C=N–C) groups is 1. The third-order valence-electron chi connectivity index (χ3n) is 3.86. The number of esters is 1. The minimum absolute atomic E-state index is 0.255. The number of nitrogens with two attached hydrogens (primary N) is 1. The van der Waals surface area contributed by atoms with Crippen molar-refractivity contribution in [2.45, 2.75) is 13.0 Å².